The van der Waals surface area contributed by atoms with Gasteiger partial charge < -0.3 is 20.1 Å². The Balaban J connectivity index is 2.13. The molecule has 7 heteroatoms. The van der Waals surface area contributed by atoms with Crippen LogP contribution in [0.15, 0.2) is 60.3 Å². The van der Waals surface area contributed by atoms with Crippen molar-refractivity contribution in [1.82, 2.24) is 0 Å². The van der Waals surface area contributed by atoms with Gasteiger partial charge >= 0.3 is 5.97 Å². The van der Waals surface area contributed by atoms with Crippen LogP contribution in [-0.4, -0.2) is 25.6 Å². The van der Waals surface area contributed by atoms with Crippen LogP contribution in [0.5, 0.6) is 5.75 Å². The molecule has 0 bridgehead atoms. The third-order valence-electron chi connectivity index (χ3n) is 3.51. The minimum atomic E-state index is -0.580. The molecule has 7 nitrogen and oxygen atoms in total. The van der Waals surface area contributed by atoms with Crippen molar-refractivity contribution < 1.29 is 19.1 Å². The molecule has 2 N–H and O–H groups in total. The lowest BCUT2D eigenvalue weighted by atomic mass is 10.1. The highest BCUT2D eigenvalue weighted by molar-refractivity contribution is 6.07. The molecule has 0 aromatic heterocycles. The number of ether oxygens (including phenoxy) is 2. The molecular formula is C20H19N3O4. The summed E-state index contributed by atoms with van der Waals surface area (Å²) in [5, 5.41) is 14.7. The second-order valence-corrected chi connectivity index (χ2v) is 5.26. The zero-order valence-electron chi connectivity index (χ0n) is 15.0. The number of para-hydroxylation sites is 1. The Hall–Kier alpha value is -3.79. The maximum absolute atomic E-state index is 12.3. The van der Waals surface area contributed by atoms with E-state index in [2.05, 4.69) is 10.6 Å². The number of hydrogen-bond acceptors (Lipinski definition) is 6. The molecular weight excluding hydrogens is 346 g/mol. The first kappa shape index (κ1) is 19.5. The van der Waals surface area contributed by atoms with Gasteiger partial charge in [-0.2, -0.15) is 5.26 Å². The highest BCUT2D eigenvalue weighted by Gasteiger charge is 2.13. The van der Waals surface area contributed by atoms with E-state index in [9.17, 15) is 14.9 Å². The molecule has 0 unspecified atom stereocenters. The largest absolute Gasteiger partial charge is 0.497 e. The predicted octanol–water partition coefficient (Wildman–Crippen LogP) is 3.33. The van der Waals surface area contributed by atoms with Crippen molar-refractivity contribution in [2.45, 2.75) is 6.92 Å². The van der Waals surface area contributed by atoms with Crippen molar-refractivity contribution in [3.05, 3.63) is 65.9 Å². The van der Waals surface area contributed by atoms with Gasteiger partial charge in [-0.15, -0.1) is 0 Å². The van der Waals surface area contributed by atoms with Gasteiger partial charge in [-0.3, -0.25) is 4.79 Å². The van der Waals surface area contributed by atoms with Crippen molar-refractivity contribution in [3.8, 4) is 11.8 Å². The first-order valence-corrected chi connectivity index (χ1v) is 8.17. The number of anilines is 2. The second-order valence-electron chi connectivity index (χ2n) is 5.26. The number of methoxy groups -OCH3 is 1. The summed E-state index contributed by atoms with van der Waals surface area (Å²) >= 11 is 0. The lowest BCUT2D eigenvalue weighted by Gasteiger charge is -2.09. The summed E-state index contributed by atoms with van der Waals surface area (Å²) in [4.78, 5) is 24.2. The lowest BCUT2D eigenvalue weighted by molar-refractivity contribution is -0.112. The predicted molar refractivity (Wildman–Crippen MR) is 101 cm³/mol. The van der Waals surface area contributed by atoms with Crippen LogP contribution in [-0.2, 0) is 9.53 Å². The van der Waals surface area contributed by atoms with Crippen molar-refractivity contribution in [2.24, 2.45) is 0 Å². The van der Waals surface area contributed by atoms with Crippen molar-refractivity contribution in [2.75, 3.05) is 24.4 Å². The fourth-order valence-corrected chi connectivity index (χ4v) is 2.17. The van der Waals surface area contributed by atoms with Gasteiger partial charge in [-0.1, -0.05) is 12.1 Å². The maximum Gasteiger partial charge on any atom is 0.340 e. The first-order chi connectivity index (χ1) is 13.1. The topological polar surface area (TPSA) is 100 Å². The summed E-state index contributed by atoms with van der Waals surface area (Å²) in [6, 6.07) is 15.2. The number of rotatable bonds is 7. The van der Waals surface area contributed by atoms with Crippen LogP contribution < -0.4 is 15.4 Å². The normalized spacial score (nSPS) is 10.5. The van der Waals surface area contributed by atoms with E-state index in [0.717, 1.165) is 0 Å². The molecule has 0 atom stereocenters. The van der Waals surface area contributed by atoms with Crippen LogP contribution in [0.25, 0.3) is 0 Å². The average molecular weight is 365 g/mol. The molecule has 2 aromatic carbocycles. The Morgan fingerprint density at radius 3 is 2.48 bits per heavy atom. The Morgan fingerprint density at radius 1 is 1.15 bits per heavy atom. The molecule has 2 aromatic rings. The molecule has 0 radical (unpaired) electrons. The third kappa shape index (κ3) is 5.34. The van der Waals surface area contributed by atoms with Gasteiger partial charge in [0, 0.05) is 11.9 Å². The van der Waals surface area contributed by atoms with E-state index in [0.29, 0.717) is 22.7 Å². The highest BCUT2D eigenvalue weighted by atomic mass is 16.5. The minimum Gasteiger partial charge on any atom is -0.497 e. The van der Waals surface area contributed by atoms with E-state index in [-0.39, 0.29) is 12.2 Å². The fraction of sp³-hybridized carbons (Fsp3) is 0.150. The summed E-state index contributed by atoms with van der Waals surface area (Å²) in [5.74, 6) is -0.416. The van der Waals surface area contributed by atoms with E-state index >= 15 is 0 Å². The van der Waals surface area contributed by atoms with E-state index in [1.165, 1.54) is 6.20 Å². The SMILES string of the molecule is CCOC(=O)c1ccccc1N/C=C(/C#N)C(=O)Nc1ccc(OC)cc1. The summed E-state index contributed by atoms with van der Waals surface area (Å²) < 4.78 is 10.0. The zero-order valence-corrected chi connectivity index (χ0v) is 15.0. The molecule has 2 rings (SSSR count). The number of carbonyl (C=O) groups excluding carboxylic acids is 2. The number of esters is 1. The summed E-state index contributed by atoms with van der Waals surface area (Å²) in [6.45, 7) is 1.96. The molecule has 0 aliphatic carbocycles. The molecule has 0 aliphatic rings. The van der Waals surface area contributed by atoms with Gasteiger partial charge in [-0.25, -0.2) is 4.79 Å². The number of nitriles is 1. The molecule has 0 saturated heterocycles. The number of benzene rings is 2. The zero-order chi connectivity index (χ0) is 19.6. The van der Waals surface area contributed by atoms with Crippen LogP contribution >= 0.6 is 0 Å². The summed E-state index contributed by atoms with van der Waals surface area (Å²) in [6.07, 6.45) is 1.25. The van der Waals surface area contributed by atoms with Crippen molar-refractivity contribution >= 4 is 23.3 Å². The number of amides is 1. The number of nitrogens with one attached hydrogen (secondary N) is 2. The van der Waals surface area contributed by atoms with Crippen molar-refractivity contribution in [3.63, 3.8) is 0 Å². The van der Waals surface area contributed by atoms with E-state index in [4.69, 9.17) is 9.47 Å². The summed E-state index contributed by atoms with van der Waals surface area (Å²) in [7, 11) is 1.55. The first-order valence-electron chi connectivity index (χ1n) is 8.17. The third-order valence-corrected chi connectivity index (χ3v) is 3.51. The van der Waals surface area contributed by atoms with Gasteiger partial charge in [0.1, 0.15) is 17.4 Å². The van der Waals surface area contributed by atoms with Crippen LogP contribution in [0, 0.1) is 11.3 Å². The van der Waals surface area contributed by atoms with Gasteiger partial charge in [0.15, 0.2) is 0 Å². The minimum absolute atomic E-state index is 0.149. The van der Waals surface area contributed by atoms with Gasteiger partial charge in [0.05, 0.1) is 25.0 Å². The number of carbonyl (C=O) groups is 2. The molecule has 138 valence electrons. The second kappa shape index (κ2) is 9.63. The Bertz CT molecular complexity index is 883. The van der Waals surface area contributed by atoms with E-state index in [1.807, 2.05) is 6.07 Å². The van der Waals surface area contributed by atoms with Gasteiger partial charge in [0.2, 0.25) is 0 Å². The Kier molecular flexibility index (Phi) is 6.97. The Morgan fingerprint density at radius 2 is 1.85 bits per heavy atom. The monoisotopic (exact) mass is 365 g/mol. The quantitative estimate of drug-likeness (QED) is 0.443. The standard InChI is InChI=1S/C20H19N3O4/c1-3-27-20(25)17-6-4-5-7-18(17)22-13-14(12-21)19(24)23-15-8-10-16(26-2)11-9-15/h4-11,13,22H,3H2,1-2H3,(H,23,24)/b14-13-. The molecule has 0 aliphatic heterocycles. The van der Waals surface area contributed by atoms with Crippen LogP contribution in [0.4, 0.5) is 11.4 Å². The van der Waals surface area contributed by atoms with Crippen molar-refractivity contribution in [1.29, 1.82) is 5.26 Å². The van der Waals surface area contributed by atoms with Crippen LogP contribution in [0.1, 0.15) is 17.3 Å². The maximum atomic E-state index is 12.3. The molecule has 0 saturated carbocycles. The number of hydrogen-bond donors (Lipinski definition) is 2. The molecule has 0 fully saturated rings. The fourth-order valence-electron chi connectivity index (χ4n) is 2.17. The van der Waals surface area contributed by atoms with E-state index < -0.39 is 11.9 Å². The van der Waals surface area contributed by atoms with Crippen LogP contribution in [0.2, 0.25) is 0 Å². The van der Waals surface area contributed by atoms with Gasteiger partial charge in [0.25, 0.3) is 5.91 Å². The lowest BCUT2D eigenvalue weighted by Crippen LogP contribution is -2.15. The van der Waals surface area contributed by atoms with Crippen LogP contribution in [0.3, 0.4) is 0 Å². The van der Waals surface area contributed by atoms with E-state index in [1.54, 1.807) is 62.6 Å². The Labute approximate surface area is 157 Å². The highest BCUT2D eigenvalue weighted by Crippen LogP contribution is 2.18. The smallest absolute Gasteiger partial charge is 0.340 e. The number of nitrogens with zero attached hydrogens (tertiary/aromatic N) is 1. The van der Waals surface area contributed by atoms with Gasteiger partial charge in [-0.05, 0) is 43.3 Å². The molecule has 0 spiro atoms. The average Bonchev–Trinajstić information content (AvgIpc) is 2.69. The molecule has 27 heavy (non-hydrogen) atoms. The molecule has 0 heterocycles. The molecule has 1 amide bonds. The summed E-state index contributed by atoms with van der Waals surface area (Å²) in [5.41, 5.74) is 1.11.